The van der Waals surface area contributed by atoms with E-state index in [-0.39, 0.29) is 6.61 Å². The van der Waals surface area contributed by atoms with E-state index >= 15 is 0 Å². The first-order valence-electron chi connectivity index (χ1n) is 6.65. The monoisotopic (exact) mass is 285 g/mol. The van der Waals surface area contributed by atoms with Gasteiger partial charge in [0.2, 0.25) is 0 Å². The second-order valence-corrected chi connectivity index (χ2v) is 4.51. The lowest BCUT2D eigenvalue weighted by Crippen LogP contribution is -2.17. The van der Waals surface area contributed by atoms with Gasteiger partial charge in [0.15, 0.2) is 11.5 Å². The summed E-state index contributed by atoms with van der Waals surface area (Å²) in [6, 6.07) is 14.8. The highest BCUT2D eigenvalue weighted by Gasteiger charge is 2.14. The van der Waals surface area contributed by atoms with Crippen molar-refractivity contribution < 1.29 is 19.4 Å². The SMILES string of the molecule is O/N=C(/COc1ccccc1)c1ccc2c(c1)OCCO2. The van der Waals surface area contributed by atoms with Crippen LogP contribution in [0.2, 0.25) is 0 Å². The molecular weight excluding hydrogens is 270 g/mol. The number of oxime groups is 1. The molecule has 3 rings (SSSR count). The summed E-state index contributed by atoms with van der Waals surface area (Å²) < 4.78 is 16.6. The molecule has 2 aromatic carbocycles. The van der Waals surface area contributed by atoms with Crippen molar-refractivity contribution in [2.24, 2.45) is 5.16 Å². The van der Waals surface area contributed by atoms with Crippen LogP contribution < -0.4 is 14.2 Å². The molecule has 21 heavy (non-hydrogen) atoms. The molecule has 1 aliphatic heterocycles. The van der Waals surface area contributed by atoms with Crippen molar-refractivity contribution in [3.63, 3.8) is 0 Å². The van der Waals surface area contributed by atoms with Gasteiger partial charge >= 0.3 is 0 Å². The molecule has 0 fully saturated rings. The van der Waals surface area contributed by atoms with Gasteiger partial charge in [0.05, 0.1) is 0 Å². The molecule has 108 valence electrons. The lowest BCUT2D eigenvalue weighted by atomic mass is 10.1. The normalized spacial score (nSPS) is 13.8. The van der Waals surface area contributed by atoms with Gasteiger partial charge in [-0.15, -0.1) is 0 Å². The molecule has 1 N–H and O–H groups in total. The predicted molar refractivity (Wildman–Crippen MR) is 77.7 cm³/mol. The van der Waals surface area contributed by atoms with Crippen LogP contribution in [0.4, 0.5) is 0 Å². The molecular formula is C16H15NO4. The van der Waals surface area contributed by atoms with E-state index in [1.54, 1.807) is 12.1 Å². The second kappa shape index (κ2) is 6.17. The summed E-state index contributed by atoms with van der Waals surface area (Å²) in [7, 11) is 0. The Morgan fingerprint density at radius 3 is 2.57 bits per heavy atom. The molecule has 5 nitrogen and oxygen atoms in total. The number of benzene rings is 2. The van der Waals surface area contributed by atoms with Gasteiger partial charge in [-0.25, -0.2) is 0 Å². The highest BCUT2D eigenvalue weighted by atomic mass is 16.6. The molecule has 1 aliphatic rings. The molecule has 0 amide bonds. The highest BCUT2D eigenvalue weighted by Crippen LogP contribution is 2.31. The fourth-order valence-electron chi connectivity index (χ4n) is 2.06. The van der Waals surface area contributed by atoms with Gasteiger partial charge in [0.1, 0.15) is 31.3 Å². The largest absolute Gasteiger partial charge is 0.487 e. The first-order chi connectivity index (χ1) is 10.4. The third kappa shape index (κ3) is 3.08. The van der Waals surface area contributed by atoms with Crippen molar-refractivity contribution in [2.45, 2.75) is 0 Å². The summed E-state index contributed by atoms with van der Waals surface area (Å²) in [5, 5.41) is 12.5. The number of ether oxygens (including phenoxy) is 3. The minimum absolute atomic E-state index is 0.167. The Bertz CT molecular complexity index is 640. The zero-order valence-electron chi connectivity index (χ0n) is 11.4. The number of para-hydroxylation sites is 1. The summed E-state index contributed by atoms with van der Waals surface area (Å²) in [5.74, 6) is 2.07. The van der Waals surface area contributed by atoms with Crippen LogP contribution in [0.15, 0.2) is 53.7 Å². The van der Waals surface area contributed by atoms with E-state index in [2.05, 4.69) is 5.16 Å². The average Bonchev–Trinajstić information content (AvgIpc) is 2.56. The Balaban J connectivity index is 1.74. The average molecular weight is 285 g/mol. The van der Waals surface area contributed by atoms with Gasteiger partial charge in [-0.3, -0.25) is 0 Å². The molecule has 0 saturated heterocycles. The number of fused-ring (bicyclic) bond motifs is 1. The molecule has 0 aliphatic carbocycles. The van der Waals surface area contributed by atoms with Crippen LogP contribution in [0.3, 0.4) is 0 Å². The van der Waals surface area contributed by atoms with Gasteiger partial charge in [0.25, 0.3) is 0 Å². The predicted octanol–water partition coefficient (Wildman–Crippen LogP) is 2.72. The Labute approximate surface area is 122 Å². The standard InChI is InChI=1S/C16H15NO4/c18-17-14(11-21-13-4-2-1-3-5-13)12-6-7-15-16(10-12)20-9-8-19-15/h1-7,10,18H,8-9,11H2/b17-14-. The van der Waals surface area contributed by atoms with Crippen LogP contribution in [0, 0.1) is 0 Å². The summed E-state index contributed by atoms with van der Waals surface area (Å²) in [6.45, 7) is 1.23. The van der Waals surface area contributed by atoms with E-state index in [9.17, 15) is 5.21 Å². The molecule has 0 atom stereocenters. The zero-order valence-corrected chi connectivity index (χ0v) is 11.4. The quantitative estimate of drug-likeness (QED) is 0.533. The lowest BCUT2D eigenvalue weighted by Gasteiger charge is -2.19. The molecule has 0 bridgehead atoms. The maximum absolute atomic E-state index is 9.20. The number of rotatable bonds is 4. The van der Waals surface area contributed by atoms with E-state index in [1.165, 1.54) is 0 Å². The third-order valence-corrected chi connectivity index (χ3v) is 3.11. The molecule has 1 heterocycles. The van der Waals surface area contributed by atoms with E-state index in [0.29, 0.717) is 30.4 Å². The first kappa shape index (κ1) is 13.3. The molecule has 0 radical (unpaired) electrons. The minimum Gasteiger partial charge on any atom is -0.487 e. The summed E-state index contributed by atoms with van der Waals surface area (Å²) >= 11 is 0. The minimum atomic E-state index is 0.167. The number of nitrogens with zero attached hydrogens (tertiary/aromatic N) is 1. The maximum Gasteiger partial charge on any atom is 0.162 e. The van der Waals surface area contributed by atoms with Crippen molar-refractivity contribution in [3.8, 4) is 17.2 Å². The van der Waals surface area contributed by atoms with Gasteiger partial charge in [-0.2, -0.15) is 0 Å². The van der Waals surface area contributed by atoms with E-state index in [4.69, 9.17) is 14.2 Å². The molecule has 5 heteroatoms. The Morgan fingerprint density at radius 1 is 1.05 bits per heavy atom. The topological polar surface area (TPSA) is 60.3 Å². The lowest BCUT2D eigenvalue weighted by molar-refractivity contribution is 0.171. The van der Waals surface area contributed by atoms with Crippen LogP contribution in [0.5, 0.6) is 17.2 Å². The van der Waals surface area contributed by atoms with Crippen molar-refractivity contribution in [1.82, 2.24) is 0 Å². The molecule has 0 unspecified atom stereocenters. The smallest absolute Gasteiger partial charge is 0.162 e. The summed E-state index contributed by atoms with van der Waals surface area (Å²) in [5.41, 5.74) is 1.16. The van der Waals surface area contributed by atoms with Crippen LogP contribution in [-0.4, -0.2) is 30.7 Å². The third-order valence-electron chi connectivity index (χ3n) is 3.11. The Kier molecular flexibility index (Phi) is 3.91. The van der Waals surface area contributed by atoms with Gasteiger partial charge in [-0.05, 0) is 30.3 Å². The molecule has 0 aromatic heterocycles. The summed E-state index contributed by atoms with van der Waals surface area (Å²) in [6.07, 6.45) is 0. The fourth-order valence-corrected chi connectivity index (χ4v) is 2.06. The van der Waals surface area contributed by atoms with Gasteiger partial charge < -0.3 is 19.4 Å². The number of hydrogen-bond donors (Lipinski definition) is 1. The molecule has 0 saturated carbocycles. The molecule has 2 aromatic rings. The van der Waals surface area contributed by atoms with E-state index in [1.807, 2.05) is 36.4 Å². The van der Waals surface area contributed by atoms with Crippen molar-refractivity contribution in [3.05, 3.63) is 54.1 Å². The summed E-state index contributed by atoms with van der Waals surface area (Å²) in [4.78, 5) is 0. The number of hydrogen-bond acceptors (Lipinski definition) is 5. The zero-order chi connectivity index (χ0) is 14.5. The van der Waals surface area contributed by atoms with E-state index in [0.717, 1.165) is 11.3 Å². The van der Waals surface area contributed by atoms with Crippen LogP contribution in [0.25, 0.3) is 0 Å². The Morgan fingerprint density at radius 2 is 1.81 bits per heavy atom. The fraction of sp³-hybridized carbons (Fsp3) is 0.188. The van der Waals surface area contributed by atoms with Crippen LogP contribution in [0.1, 0.15) is 5.56 Å². The van der Waals surface area contributed by atoms with Crippen molar-refractivity contribution in [2.75, 3.05) is 19.8 Å². The van der Waals surface area contributed by atoms with Crippen molar-refractivity contribution >= 4 is 5.71 Å². The van der Waals surface area contributed by atoms with Crippen molar-refractivity contribution in [1.29, 1.82) is 0 Å². The Hall–Kier alpha value is -2.69. The first-order valence-corrected chi connectivity index (χ1v) is 6.65. The maximum atomic E-state index is 9.20. The van der Waals surface area contributed by atoms with Gasteiger partial charge in [-0.1, -0.05) is 23.4 Å². The molecule has 0 spiro atoms. The van der Waals surface area contributed by atoms with Crippen LogP contribution in [-0.2, 0) is 0 Å². The highest BCUT2D eigenvalue weighted by molar-refractivity contribution is 6.01. The van der Waals surface area contributed by atoms with Gasteiger partial charge in [0, 0.05) is 5.56 Å². The van der Waals surface area contributed by atoms with E-state index < -0.39 is 0 Å². The second-order valence-electron chi connectivity index (χ2n) is 4.51. The van der Waals surface area contributed by atoms with Crippen LogP contribution >= 0.6 is 0 Å².